The Morgan fingerprint density at radius 2 is 1.54 bits per heavy atom. The standard InChI is InChI=1S/C20H22BNO2/c1-19(2)20(3,4)24-21(23-19)16-9-7-10-17(14-16)22-13-12-15-8-5-6-11-18(15)22/h5-14H,1-4H3. The van der Waals surface area contributed by atoms with Gasteiger partial charge in [0.2, 0.25) is 0 Å². The van der Waals surface area contributed by atoms with Gasteiger partial charge in [-0.15, -0.1) is 0 Å². The highest BCUT2D eigenvalue weighted by Gasteiger charge is 2.51. The smallest absolute Gasteiger partial charge is 0.399 e. The van der Waals surface area contributed by atoms with Crippen LogP contribution in [0.4, 0.5) is 0 Å². The minimum Gasteiger partial charge on any atom is -0.399 e. The Labute approximate surface area is 143 Å². The molecule has 0 N–H and O–H groups in total. The third-order valence-corrected chi connectivity index (χ3v) is 5.27. The average molecular weight is 319 g/mol. The van der Waals surface area contributed by atoms with E-state index in [1.165, 1.54) is 10.9 Å². The average Bonchev–Trinajstić information content (AvgIpc) is 3.06. The van der Waals surface area contributed by atoms with Gasteiger partial charge < -0.3 is 13.9 Å². The molecule has 0 spiro atoms. The summed E-state index contributed by atoms with van der Waals surface area (Å²) in [5.74, 6) is 0. The summed E-state index contributed by atoms with van der Waals surface area (Å²) in [5.41, 5.74) is 2.71. The molecule has 0 amide bonds. The van der Waals surface area contributed by atoms with Crippen LogP contribution in [0.25, 0.3) is 16.6 Å². The van der Waals surface area contributed by atoms with Crippen molar-refractivity contribution in [1.29, 1.82) is 0 Å². The second kappa shape index (κ2) is 5.23. The van der Waals surface area contributed by atoms with E-state index in [0.29, 0.717) is 0 Å². The lowest BCUT2D eigenvalue weighted by Crippen LogP contribution is -2.41. The molecule has 24 heavy (non-hydrogen) atoms. The van der Waals surface area contributed by atoms with Gasteiger partial charge in [-0.3, -0.25) is 0 Å². The first-order valence-electron chi connectivity index (χ1n) is 8.39. The molecule has 2 aromatic carbocycles. The Bertz CT molecular complexity index is 881. The van der Waals surface area contributed by atoms with Gasteiger partial charge in [0.05, 0.1) is 16.7 Å². The van der Waals surface area contributed by atoms with Crippen LogP contribution in [-0.2, 0) is 9.31 Å². The van der Waals surface area contributed by atoms with E-state index in [-0.39, 0.29) is 18.3 Å². The third-order valence-electron chi connectivity index (χ3n) is 5.27. The summed E-state index contributed by atoms with van der Waals surface area (Å²) in [4.78, 5) is 0. The SMILES string of the molecule is CC1(C)OB(c2cccc(-n3ccc4ccccc43)c2)OC1(C)C. The van der Waals surface area contributed by atoms with Crippen LogP contribution in [0.1, 0.15) is 27.7 Å². The molecule has 4 heteroatoms. The van der Waals surface area contributed by atoms with Crippen molar-refractivity contribution < 1.29 is 9.31 Å². The Morgan fingerprint density at radius 3 is 2.29 bits per heavy atom. The first-order chi connectivity index (χ1) is 11.4. The maximum atomic E-state index is 6.18. The first kappa shape index (κ1) is 15.5. The highest BCUT2D eigenvalue weighted by atomic mass is 16.7. The molecule has 0 saturated carbocycles. The van der Waals surface area contributed by atoms with Crippen LogP contribution >= 0.6 is 0 Å². The van der Waals surface area contributed by atoms with Gasteiger partial charge in [-0.25, -0.2) is 0 Å². The lowest BCUT2D eigenvalue weighted by Gasteiger charge is -2.32. The highest BCUT2D eigenvalue weighted by Crippen LogP contribution is 2.36. The molecular formula is C20H22BNO2. The van der Waals surface area contributed by atoms with Gasteiger partial charge in [0.1, 0.15) is 0 Å². The van der Waals surface area contributed by atoms with Crippen molar-refractivity contribution in [3.8, 4) is 5.69 Å². The number of hydrogen-bond acceptors (Lipinski definition) is 2. The zero-order valence-corrected chi connectivity index (χ0v) is 14.6. The summed E-state index contributed by atoms with van der Waals surface area (Å²) in [7, 11) is -0.336. The van der Waals surface area contributed by atoms with Gasteiger partial charge in [0.15, 0.2) is 0 Å². The van der Waals surface area contributed by atoms with Crippen molar-refractivity contribution in [2.45, 2.75) is 38.9 Å². The summed E-state index contributed by atoms with van der Waals surface area (Å²) in [6.45, 7) is 8.32. The van der Waals surface area contributed by atoms with E-state index < -0.39 is 0 Å². The number of aromatic nitrogens is 1. The fourth-order valence-electron chi connectivity index (χ4n) is 3.11. The molecule has 1 aromatic heterocycles. The molecule has 122 valence electrons. The summed E-state index contributed by atoms with van der Waals surface area (Å²) in [6.07, 6.45) is 2.11. The van der Waals surface area contributed by atoms with Gasteiger partial charge in [-0.1, -0.05) is 30.3 Å². The zero-order valence-electron chi connectivity index (χ0n) is 14.6. The van der Waals surface area contributed by atoms with Crippen molar-refractivity contribution >= 4 is 23.5 Å². The van der Waals surface area contributed by atoms with Crippen LogP contribution in [-0.4, -0.2) is 22.9 Å². The monoisotopic (exact) mass is 319 g/mol. The maximum Gasteiger partial charge on any atom is 0.494 e. The molecule has 1 aliphatic heterocycles. The summed E-state index contributed by atoms with van der Waals surface area (Å²) < 4.78 is 14.6. The van der Waals surface area contributed by atoms with Crippen molar-refractivity contribution in [2.75, 3.05) is 0 Å². The maximum absolute atomic E-state index is 6.18. The number of benzene rings is 2. The number of para-hydroxylation sites is 1. The minimum absolute atomic E-state index is 0.326. The van der Waals surface area contributed by atoms with Crippen molar-refractivity contribution in [3.05, 3.63) is 60.8 Å². The van der Waals surface area contributed by atoms with Crippen LogP contribution in [0.15, 0.2) is 60.8 Å². The molecule has 0 bridgehead atoms. The van der Waals surface area contributed by atoms with Crippen LogP contribution in [0, 0.1) is 0 Å². The van der Waals surface area contributed by atoms with E-state index in [0.717, 1.165) is 11.2 Å². The molecule has 0 atom stereocenters. The van der Waals surface area contributed by atoms with Crippen molar-refractivity contribution in [3.63, 3.8) is 0 Å². The van der Waals surface area contributed by atoms with E-state index in [1.807, 2.05) is 0 Å². The fraction of sp³-hybridized carbons (Fsp3) is 0.300. The topological polar surface area (TPSA) is 23.4 Å². The van der Waals surface area contributed by atoms with Crippen LogP contribution in [0.3, 0.4) is 0 Å². The lowest BCUT2D eigenvalue weighted by atomic mass is 9.79. The number of hydrogen-bond donors (Lipinski definition) is 0. The van der Waals surface area contributed by atoms with E-state index in [2.05, 4.69) is 93.1 Å². The lowest BCUT2D eigenvalue weighted by molar-refractivity contribution is 0.00578. The normalized spacial score (nSPS) is 19.1. The van der Waals surface area contributed by atoms with Crippen LogP contribution in [0.5, 0.6) is 0 Å². The molecule has 3 aromatic rings. The zero-order chi connectivity index (χ0) is 16.9. The molecule has 1 saturated heterocycles. The summed E-state index contributed by atoms with van der Waals surface area (Å²) in [5, 5.41) is 1.23. The fourth-order valence-corrected chi connectivity index (χ4v) is 3.11. The van der Waals surface area contributed by atoms with Gasteiger partial charge in [-0.2, -0.15) is 0 Å². The molecule has 1 fully saturated rings. The summed E-state index contributed by atoms with van der Waals surface area (Å²) >= 11 is 0. The van der Waals surface area contributed by atoms with Gasteiger partial charge in [0, 0.05) is 11.9 Å². The van der Waals surface area contributed by atoms with Crippen LogP contribution in [0.2, 0.25) is 0 Å². The Balaban J connectivity index is 1.73. The van der Waals surface area contributed by atoms with E-state index in [9.17, 15) is 0 Å². The molecule has 4 rings (SSSR count). The van der Waals surface area contributed by atoms with Gasteiger partial charge in [-0.05, 0) is 62.8 Å². The molecule has 3 nitrogen and oxygen atoms in total. The Morgan fingerprint density at radius 1 is 0.833 bits per heavy atom. The van der Waals surface area contributed by atoms with E-state index >= 15 is 0 Å². The molecular weight excluding hydrogens is 297 g/mol. The second-order valence-corrected chi connectivity index (χ2v) is 7.43. The third kappa shape index (κ3) is 2.38. The second-order valence-electron chi connectivity index (χ2n) is 7.43. The number of fused-ring (bicyclic) bond motifs is 1. The predicted molar refractivity (Wildman–Crippen MR) is 99.0 cm³/mol. The van der Waals surface area contributed by atoms with Crippen molar-refractivity contribution in [2.24, 2.45) is 0 Å². The van der Waals surface area contributed by atoms with Crippen LogP contribution < -0.4 is 5.46 Å². The first-order valence-corrected chi connectivity index (χ1v) is 8.39. The van der Waals surface area contributed by atoms with E-state index in [1.54, 1.807) is 0 Å². The number of nitrogens with zero attached hydrogens (tertiary/aromatic N) is 1. The molecule has 1 aliphatic rings. The number of rotatable bonds is 2. The Kier molecular flexibility index (Phi) is 3.38. The molecule has 0 radical (unpaired) electrons. The molecule has 2 heterocycles. The molecule has 0 unspecified atom stereocenters. The highest BCUT2D eigenvalue weighted by molar-refractivity contribution is 6.62. The van der Waals surface area contributed by atoms with Crippen molar-refractivity contribution in [1.82, 2.24) is 4.57 Å². The molecule has 0 aliphatic carbocycles. The largest absolute Gasteiger partial charge is 0.494 e. The van der Waals surface area contributed by atoms with Gasteiger partial charge in [0.25, 0.3) is 0 Å². The predicted octanol–water partition coefficient (Wildman–Crippen LogP) is 3.93. The van der Waals surface area contributed by atoms with Gasteiger partial charge >= 0.3 is 7.12 Å². The quantitative estimate of drug-likeness (QED) is 0.668. The Hall–Kier alpha value is -2.04. The van der Waals surface area contributed by atoms with E-state index in [4.69, 9.17) is 9.31 Å². The summed E-state index contributed by atoms with van der Waals surface area (Å²) in [6, 6.07) is 18.9. The minimum atomic E-state index is -0.336.